The first-order valence-electron chi connectivity index (χ1n) is 5.16. The van der Waals surface area contributed by atoms with Gasteiger partial charge in [-0.2, -0.15) is 0 Å². The maximum absolute atomic E-state index is 11.8. The third-order valence-electron chi connectivity index (χ3n) is 2.49. The molecule has 17 heavy (non-hydrogen) atoms. The Balaban J connectivity index is 2.62. The second kappa shape index (κ2) is 5.15. The van der Waals surface area contributed by atoms with Gasteiger partial charge in [-0.1, -0.05) is 42.5 Å². The highest BCUT2D eigenvalue weighted by Crippen LogP contribution is 2.29. The molecular weight excluding hydrogens is 280 g/mol. The van der Waals surface area contributed by atoms with Crippen molar-refractivity contribution in [1.82, 2.24) is 0 Å². The van der Waals surface area contributed by atoms with E-state index in [1.165, 1.54) is 7.11 Å². The van der Waals surface area contributed by atoms with Gasteiger partial charge in [-0.25, -0.2) is 4.79 Å². The molecule has 3 heteroatoms. The summed E-state index contributed by atoms with van der Waals surface area (Å²) < 4.78 is 5.55. The summed E-state index contributed by atoms with van der Waals surface area (Å²) in [5.74, 6) is -0.337. The minimum Gasteiger partial charge on any atom is -0.465 e. The number of rotatable bonds is 2. The number of esters is 1. The zero-order chi connectivity index (χ0) is 12.3. The van der Waals surface area contributed by atoms with Crippen molar-refractivity contribution in [3.63, 3.8) is 0 Å². The molecule has 0 aromatic heterocycles. The van der Waals surface area contributed by atoms with Crippen LogP contribution < -0.4 is 0 Å². The summed E-state index contributed by atoms with van der Waals surface area (Å²) in [4.78, 5) is 11.8. The minimum absolute atomic E-state index is 0.337. The van der Waals surface area contributed by atoms with Gasteiger partial charge >= 0.3 is 5.97 Å². The summed E-state index contributed by atoms with van der Waals surface area (Å²) in [6.45, 7) is 0. The second-order valence-corrected chi connectivity index (χ2v) is 4.37. The predicted octanol–water partition coefficient (Wildman–Crippen LogP) is 3.90. The molecule has 0 aliphatic rings. The van der Waals surface area contributed by atoms with Crippen molar-refractivity contribution in [2.75, 3.05) is 7.11 Å². The Labute approximate surface area is 108 Å². The Morgan fingerprint density at radius 2 is 1.76 bits per heavy atom. The Bertz CT molecular complexity index is 535. The molecule has 0 atom stereocenters. The Kier molecular flexibility index (Phi) is 3.59. The van der Waals surface area contributed by atoms with Crippen LogP contribution in [0.2, 0.25) is 0 Å². The van der Waals surface area contributed by atoms with E-state index in [1.807, 2.05) is 48.5 Å². The monoisotopic (exact) mass is 290 g/mol. The summed E-state index contributed by atoms with van der Waals surface area (Å²) in [5.41, 5.74) is 2.42. The second-order valence-electron chi connectivity index (χ2n) is 3.52. The molecular formula is C14H11BrO2. The van der Waals surface area contributed by atoms with Gasteiger partial charge in [0.05, 0.1) is 12.7 Å². The normalized spacial score (nSPS) is 10.0. The van der Waals surface area contributed by atoms with Gasteiger partial charge in [-0.15, -0.1) is 0 Å². The predicted molar refractivity (Wildman–Crippen MR) is 70.9 cm³/mol. The van der Waals surface area contributed by atoms with E-state index in [9.17, 15) is 4.79 Å². The third kappa shape index (κ3) is 2.39. The topological polar surface area (TPSA) is 26.3 Å². The number of hydrogen-bond donors (Lipinski definition) is 0. The zero-order valence-electron chi connectivity index (χ0n) is 9.31. The fourth-order valence-corrected chi connectivity index (χ4v) is 2.22. The van der Waals surface area contributed by atoms with Crippen LogP contribution in [0.15, 0.2) is 53.0 Å². The SMILES string of the molecule is COC(=O)c1c(Br)cccc1-c1ccccc1. The van der Waals surface area contributed by atoms with Crippen molar-refractivity contribution >= 4 is 21.9 Å². The molecule has 0 saturated carbocycles. The van der Waals surface area contributed by atoms with Gasteiger partial charge in [-0.05, 0) is 33.1 Å². The van der Waals surface area contributed by atoms with E-state index >= 15 is 0 Å². The van der Waals surface area contributed by atoms with E-state index in [0.717, 1.165) is 15.6 Å². The molecule has 2 aromatic carbocycles. The van der Waals surface area contributed by atoms with E-state index in [1.54, 1.807) is 0 Å². The lowest BCUT2D eigenvalue weighted by Crippen LogP contribution is -2.04. The summed E-state index contributed by atoms with van der Waals surface area (Å²) in [6.07, 6.45) is 0. The number of benzene rings is 2. The first-order chi connectivity index (χ1) is 8.24. The van der Waals surface area contributed by atoms with Crippen LogP contribution in [0.5, 0.6) is 0 Å². The number of methoxy groups -OCH3 is 1. The van der Waals surface area contributed by atoms with E-state index in [0.29, 0.717) is 5.56 Å². The smallest absolute Gasteiger partial charge is 0.339 e. The van der Waals surface area contributed by atoms with E-state index in [-0.39, 0.29) is 5.97 Å². The number of carbonyl (C=O) groups is 1. The van der Waals surface area contributed by atoms with Crippen molar-refractivity contribution in [3.8, 4) is 11.1 Å². The number of ether oxygens (including phenoxy) is 1. The first-order valence-corrected chi connectivity index (χ1v) is 5.95. The van der Waals surface area contributed by atoms with Crippen LogP contribution in [-0.2, 0) is 4.74 Å². The molecule has 0 unspecified atom stereocenters. The highest BCUT2D eigenvalue weighted by molar-refractivity contribution is 9.10. The highest BCUT2D eigenvalue weighted by atomic mass is 79.9. The average molecular weight is 291 g/mol. The zero-order valence-corrected chi connectivity index (χ0v) is 10.9. The number of hydrogen-bond acceptors (Lipinski definition) is 2. The standard InChI is InChI=1S/C14H11BrO2/c1-17-14(16)13-11(8-5-9-12(13)15)10-6-3-2-4-7-10/h2-9H,1H3. The minimum atomic E-state index is -0.337. The van der Waals surface area contributed by atoms with Gasteiger partial charge in [-0.3, -0.25) is 0 Å². The molecule has 2 nitrogen and oxygen atoms in total. The molecule has 0 amide bonds. The van der Waals surface area contributed by atoms with E-state index in [4.69, 9.17) is 4.74 Å². The van der Waals surface area contributed by atoms with Crippen molar-refractivity contribution < 1.29 is 9.53 Å². The fourth-order valence-electron chi connectivity index (χ4n) is 1.69. The largest absolute Gasteiger partial charge is 0.465 e. The lowest BCUT2D eigenvalue weighted by molar-refractivity contribution is 0.0600. The molecule has 86 valence electrons. The van der Waals surface area contributed by atoms with E-state index in [2.05, 4.69) is 15.9 Å². The Morgan fingerprint density at radius 3 is 2.41 bits per heavy atom. The molecule has 0 aliphatic heterocycles. The van der Waals surface area contributed by atoms with Crippen LogP contribution in [0.4, 0.5) is 0 Å². The first kappa shape index (κ1) is 11.9. The number of halogens is 1. The molecule has 0 aliphatic carbocycles. The van der Waals surface area contributed by atoms with Crippen LogP contribution in [0.1, 0.15) is 10.4 Å². The van der Waals surface area contributed by atoms with Gasteiger partial charge in [0, 0.05) is 4.47 Å². The van der Waals surface area contributed by atoms with Crippen LogP contribution in [0, 0.1) is 0 Å². The van der Waals surface area contributed by atoms with Gasteiger partial charge in [0.2, 0.25) is 0 Å². The lowest BCUT2D eigenvalue weighted by atomic mass is 10.00. The van der Waals surface area contributed by atoms with Gasteiger partial charge in [0.25, 0.3) is 0 Å². The van der Waals surface area contributed by atoms with Gasteiger partial charge < -0.3 is 4.74 Å². The van der Waals surface area contributed by atoms with Crippen molar-refractivity contribution in [1.29, 1.82) is 0 Å². The van der Waals surface area contributed by atoms with Crippen LogP contribution in [0.3, 0.4) is 0 Å². The van der Waals surface area contributed by atoms with Gasteiger partial charge in [0.15, 0.2) is 0 Å². The molecule has 0 bridgehead atoms. The quantitative estimate of drug-likeness (QED) is 0.784. The van der Waals surface area contributed by atoms with Gasteiger partial charge in [0.1, 0.15) is 0 Å². The maximum Gasteiger partial charge on any atom is 0.339 e. The lowest BCUT2D eigenvalue weighted by Gasteiger charge is -2.09. The summed E-state index contributed by atoms with van der Waals surface area (Å²) >= 11 is 3.38. The molecule has 0 N–H and O–H groups in total. The Morgan fingerprint density at radius 1 is 1.06 bits per heavy atom. The molecule has 0 heterocycles. The summed E-state index contributed by atoms with van der Waals surface area (Å²) in [5, 5.41) is 0. The molecule has 0 saturated heterocycles. The highest BCUT2D eigenvalue weighted by Gasteiger charge is 2.16. The molecule has 0 radical (unpaired) electrons. The Hall–Kier alpha value is -1.61. The van der Waals surface area contributed by atoms with Crippen LogP contribution in [-0.4, -0.2) is 13.1 Å². The molecule has 2 aromatic rings. The molecule has 0 spiro atoms. The van der Waals surface area contributed by atoms with Crippen molar-refractivity contribution in [3.05, 3.63) is 58.6 Å². The van der Waals surface area contributed by atoms with E-state index < -0.39 is 0 Å². The van der Waals surface area contributed by atoms with Crippen molar-refractivity contribution in [2.45, 2.75) is 0 Å². The summed E-state index contributed by atoms with van der Waals surface area (Å²) in [6, 6.07) is 15.4. The summed E-state index contributed by atoms with van der Waals surface area (Å²) in [7, 11) is 1.39. The van der Waals surface area contributed by atoms with Crippen LogP contribution in [0.25, 0.3) is 11.1 Å². The third-order valence-corrected chi connectivity index (χ3v) is 3.15. The molecule has 0 fully saturated rings. The maximum atomic E-state index is 11.8. The number of carbonyl (C=O) groups excluding carboxylic acids is 1. The fraction of sp³-hybridized carbons (Fsp3) is 0.0714. The van der Waals surface area contributed by atoms with Crippen molar-refractivity contribution in [2.24, 2.45) is 0 Å². The average Bonchev–Trinajstić information content (AvgIpc) is 2.38. The van der Waals surface area contributed by atoms with Crippen LogP contribution >= 0.6 is 15.9 Å². The molecule has 2 rings (SSSR count).